The highest BCUT2D eigenvalue weighted by Crippen LogP contribution is 2.35. The molecule has 0 aromatic heterocycles. The summed E-state index contributed by atoms with van der Waals surface area (Å²) in [6.07, 6.45) is -23.1. The van der Waals surface area contributed by atoms with Crippen LogP contribution in [0.3, 0.4) is 0 Å². The molecule has 442 valence electrons. The molecule has 4 aliphatic heterocycles. The Morgan fingerprint density at radius 1 is 0.590 bits per heavy atom. The van der Waals surface area contributed by atoms with E-state index < -0.39 is 183 Å². The number of carbonyl (C=O) groups excluding carboxylic acids is 4. The number of hydrogen-bond donors (Lipinski definition) is 14. The molecular formula is C48H74N4O25S. The zero-order chi connectivity index (χ0) is 57.4. The molecule has 0 radical (unpaired) electrons. The van der Waals surface area contributed by atoms with Gasteiger partial charge in [-0.15, -0.1) is 11.8 Å². The lowest BCUT2D eigenvalue weighted by Gasteiger charge is -2.51. The summed E-state index contributed by atoms with van der Waals surface area (Å²) < 4.78 is 83.8. The van der Waals surface area contributed by atoms with Gasteiger partial charge in [0.15, 0.2) is 25.2 Å². The standard InChI is InChI=1S/C48H74N4O25S/c1-5-6-7-8-9-10-11-12-13-17-69-27-16-14-15-26(18-27)44(64)52-33-37(60)36(59)28(19-53)72-46(33)75-41-29(20-54)73-47(34(39(41)62)50-24(3)57)76-42-30(21-55)74-48(35(40(42)63)51-25(4)58)77-43-31(22-70-78(66,67)68)71-45(65)32(38(43)61)49-23(2)56/h14-16,18,28-43,45-48,53-55,59-63,65H,5-9,12-13,17,19-22H2,1-4H3,(H,49,56)(H,50,57)(H,51,58)(H,52,64)(H,66,67,68)/t28?,29-,30?,31-,32?,33?,34?,35-,36+,37+,38?,39?,40+,41+,42?,43+,45?,46-,47-,48-/m0/s1. The Morgan fingerprint density at radius 3 is 1.56 bits per heavy atom. The fourth-order valence-corrected chi connectivity index (χ4v) is 9.51. The number of amides is 4. The van der Waals surface area contributed by atoms with E-state index in [1.165, 1.54) is 18.6 Å². The van der Waals surface area contributed by atoms with Crippen molar-refractivity contribution in [2.24, 2.45) is 0 Å². The summed E-state index contributed by atoms with van der Waals surface area (Å²) in [5, 5.41) is 109. The van der Waals surface area contributed by atoms with Crippen LogP contribution in [0, 0.1) is 11.8 Å². The van der Waals surface area contributed by atoms with Crippen molar-refractivity contribution in [1.29, 1.82) is 0 Å². The number of ether oxygens (including phenoxy) is 8. The van der Waals surface area contributed by atoms with Gasteiger partial charge in [-0.1, -0.05) is 32.3 Å². The van der Waals surface area contributed by atoms with Crippen LogP contribution in [0.15, 0.2) is 24.3 Å². The van der Waals surface area contributed by atoms with Crippen molar-refractivity contribution >= 4 is 34.0 Å². The van der Waals surface area contributed by atoms with Crippen molar-refractivity contribution in [2.75, 3.05) is 33.0 Å². The summed E-state index contributed by atoms with van der Waals surface area (Å²) in [5.74, 6) is 3.39. The van der Waals surface area contributed by atoms with E-state index in [1.54, 1.807) is 12.1 Å². The van der Waals surface area contributed by atoms with Crippen LogP contribution in [0.25, 0.3) is 0 Å². The summed E-state index contributed by atoms with van der Waals surface area (Å²) in [5.41, 5.74) is 0.0447. The Labute approximate surface area is 450 Å². The first-order valence-electron chi connectivity index (χ1n) is 25.4. The average molecular weight is 1140 g/mol. The second kappa shape index (κ2) is 30.5. The Bertz CT molecular complexity index is 2280. The number of hydrogen-bond acceptors (Lipinski definition) is 24. The van der Waals surface area contributed by atoms with E-state index >= 15 is 0 Å². The minimum Gasteiger partial charge on any atom is -0.494 e. The summed E-state index contributed by atoms with van der Waals surface area (Å²) in [4.78, 5) is 51.1. The molecule has 1 aromatic carbocycles. The number of carbonyl (C=O) groups is 4. The molecule has 78 heavy (non-hydrogen) atoms. The number of aliphatic hydroxyl groups is 9. The maximum atomic E-state index is 13.8. The molecule has 4 saturated heterocycles. The van der Waals surface area contributed by atoms with Crippen molar-refractivity contribution in [2.45, 2.75) is 195 Å². The van der Waals surface area contributed by atoms with Crippen molar-refractivity contribution in [3.8, 4) is 17.6 Å². The zero-order valence-electron chi connectivity index (χ0n) is 43.3. The number of unbranched alkanes of at least 4 members (excludes halogenated alkanes) is 5. The predicted octanol–water partition coefficient (Wildman–Crippen LogP) is -4.92. The minimum absolute atomic E-state index is 0.0447. The van der Waals surface area contributed by atoms with Crippen LogP contribution in [0.2, 0.25) is 0 Å². The van der Waals surface area contributed by atoms with E-state index in [0.29, 0.717) is 25.2 Å². The second-order valence-electron chi connectivity index (χ2n) is 19.0. The van der Waals surface area contributed by atoms with E-state index in [4.69, 9.17) is 37.9 Å². The van der Waals surface area contributed by atoms with E-state index in [1.807, 2.05) is 0 Å². The van der Waals surface area contributed by atoms with Crippen LogP contribution in [0.5, 0.6) is 5.75 Å². The van der Waals surface area contributed by atoms with Crippen molar-refractivity contribution in [3.05, 3.63) is 29.8 Å². The molecule has 4 fully saturated rings. The monoisotopic (exact) mass is 1140 g/mol. The van der Waals surface area contributed by atoms with E-state index in [0.717, 1.165) is 46.5 Å². The van der Waals surface area contributed by atoms with Gasteiger partial charge >= 0.3 is 10.4 Å². The molecule has 0 spiro atoms. The molecule has 30 heteroatoms. The Balaban J connectivity index is 1.35. The summed E-state index contributed by atoms with van der Waals surface area (Å²) in [6.45, 7) is 1.51. The predicted molar refractivity (Wildman–Crippen MR) is 262 cm³/mol. The van der Waals surface area contributed by atoms with E-state index in [-0.39, 0.29) is 5.56 Å². The summed E-state index contributed by atoms with van der Waals surface area (Å²) in [7, 11) is -5.16. The van der Waals surface area contributed by atoms with Crippen LogP contribution >= 0.6 is 0 Å². The van der Waals surface area contributed by atoms with Crippen LogP contribution < -0.4 is 26.0 Å². The molecule has 0 aliphatic carbocycles. The molecule has 1 aromatic rings. The fourth-order valence-electron chi connectivity index (χ4n) is 9.21. The van der Waals surface area contributed by atoms with Crippen molar-refractivity contribution < 1.29 is 120 Å². The third-order valence-electron chi connectivity index (χ3n) is 13.0. The average Bonchev–Trinajstić information content (AvgIpc) is 3.47. The Morgan fingerprint density at radius 2 is 1.06 bits per heavy atom. The lowest BCUT2D eigenvalue weighted by molar-refractivity contribution is -0.361. The molecule has 14 N–H and O–H groups in total. The second-order valence-corrected chi connectivity index (χ2v) is 20.1. The third kappa shape index (κ3) is 17.8. The highest BCUT2D eigenvalue weighted by molar-refractivity contribution is 7.80. The van der Waals surface area contributed by atoms with Gasteiger partial charge in [0.05, 0.1) is 33.0 Å². The molecule has 4 aliphatic rings. The highest BCUT2D eigenvalue weighted by Gasteiger charge is 2.56. The first-order chi connectivity index (χ1) is 37.0. The lowest BCUT2D eigenvalue weighted by atomic mass is 9.93. The quantitative estimate of drug-likeness (QED) is 0.0248. The number of benzene rings is 1. The summed E-state index contributed by atoms with van der Waals surface area (Å²) in [6, 6.07) is -0.745. The lowest BCUT2D eigenvalue weighted by Crippen LogP contribution is -2.71. The van der Waals surface area contributed by atoms with Crippen molar-refractivity contribution in [1.82, 2.24) is 21.3 Å². The molecule has 0 saturated carbocycles. The first-order valence-corrected chi connectivity index (χ1v) is 26.8. The van der Waals surface area contributed by atoms with Gasteiger partial charge < -0.3 is 105 Å². The minimum atomic E-state index is -5.16. The van der Waals surface area contributed by atoms with Gasteiger partial charge in [0.25, 0.3) is 5.91 Å². The maximum absolute atomic E-state index is 13.8. The zero-order valence-corrected chi connectivity index (χ0v) is 44.2. The molecule has 20 atom stereocenters. The van der Waals surface area contributed by atoms with Crippen molar-refractivity contribution in [3.63, 3.8) is 0 Å². The molecular weight excluding hydrogens is 1060 g/mol. The van der Waals surface area contributed by atoms with E-state index in [9.17, 15) is 78.1 Å². The third-order valence-corrected chi connectivity index (χ3v) is 13.5. The SMILES string of the molecule is CCCCCCC#CCCCOc1cccc(C(=O)NC2[C@H](O[C@H]3C(O)C(NC(C)=O)[C@H](OC4C(CO)O[C@@H](O[C@H]5C(O)C(NC(C)=O)C(O)O[C@H]5COS(=O)(=O)O)[C@@H](NC(C)=O)[C@H]4O)O[C@H]3CO)OC(CO)[C@@H](O)[C@@H]2O)c1. The van der Waals surface area contributed by atoms with Gasteiger partial charge in [0.1, 0.15) is 103 Å². The maximum Gasteiger partial charge on any atom is 0.397 e. The largest absolute Gasteiger partial charge is 0.494 e. The van der Waals surface area contributed by atoms with Gasteiger partial charge in [-0.25, -0.2) is 4.18 Å². The Kier molecular flexibility index (Phi) is 25.2. The van der Waals surface area contributed by atoms with Crippen LogP contribution in [0.4, 0.5) is 0 Å². The van der Waals surface area contributed by atoms with Gasteiger partial charge in [0.2, 0.25) is 17.7 Å². The number of nitrogens with one attached hydrogen (secondary N) is 4. The normalized spacial score (nSPS) is 35.1. The topological polar surface area (TPSA) is 436 Å². The van der Waals surface area contributed by atoms with E-state index in [2.05, 4.69) is 44.2 Å². The number of rotatable bonds is 25. The highest BCUT2D eigenvalue weighted by atomic mass is 32.3. The molecule has 0 bridgehead atoms. The molecule has 4 heterocycles. The smallest absolute Gasteiger partial charge is 0.397 e. The molecule has 5 rings (SSSR count). The molecule has 4 amide bonds. The van der Waals surface area contributed by atoms with Gasteiger partial charge in [-0.05, 0) is 31.0 Å². The first kappa shape index (κ1) is 64.5. The Hall–Kier alpha value is -4.31. The summed E-state index contributed by atoms with van der Waals surface area (Å²) >= 11 is 0. The van der Waals surface area contributed by atoms with Crippen LogP contribution in [-0.2, 0) is 62.1 Å². The number of aliphatic hydroxyl groups excluding tert-OH is 9. The van der Waals surface area contributed by atoms with Crippen LogP contribution in [-0.4, -0.2) is 238 Å². The fraction of sp³-hybridized carbons (Fsp3) is 0.750. The molecule has 9 unspecified atom stereocenters. The van der Waals surface area contributed by atoms with Gasteiger partial charge in [-0.2, -0.15) is 8.42 Å². The molecule has 29 nitrogen and oxygen atoms in total. The van der Waals surface area contributed by atoms with Gasteiger partial charge in [-0.3, -0.25) is 23.7 Å². The van der Waals surface area contributed by atoms with Gasteiger partial charge in [0, 0.05) is 39.2 Å². The van der Waals surface area contributed by atoms with Crippen LogP contribution in [0.1, 0.15) is 83.0 Å².